The third-order valence-electron chi connectivity index (χ3n) is 1.99. The van der Waals surface area contributed by atoms with Crippen LogP contribution in [0.5, 0.6) is 5.75 Å². The second-order valence-corrected chi connectivity index (χ2v) is 5.17. The molecule has 0 aliphatic heterocycles. The summed E-state index contributed by atoms with van der Waals surface area (Å²) in [6, 6.07) is 3.70. The van der Waals surface area contributed by atoms with E-state index in [2.05, 4.69) is 4.72 Å². The molecule has 18 heavy (non-hydrogen) atoms. The Kier molecular flexibility index (Phi) is 4.85. The minimum atomic E-state index is -3.66. The number of nitrogens with two attached hydrogens (primary N) is 1. The van der Waals surface area contributed by atoms with Gasteiger partial charge in [-0.05, 0) is 12.1 Å². The van der Waals surface area contributed by atoms with Crippen molar-refractivity contribution in [3.8, 4) is 5.75 Å². The molecule has 0 saturated heterocycles. The number of hydrogen-bond acceptors (Lipinski definition) is 4. The van der Waals surface area contributed by atoms with Crippen molar-refractivity contribution in [3.63, 3.8) is 0 Å². The largest absolute Gasteiger partial charge is 0.485 e. The maximum absolute atomic E-state index is 12.0. The lowest BCUT2D eigenvalue weighted by molar-refractivity contribution is 0.0822. The SMILES string of the molecule is CCNS(=O)(=O)c1ccc(N)c(OCC(F)F)c1. The highest BCUT2D eigenvalue weighted by Gasteiger charge is 2.15. The van der Waals surface area contributed by atoms with Gasteiger partial charge in [-0.25, -0.2) is 21.9 Å². The maximum Gasteiger partial charge on any atom is 0.272 e. The van der Waals surface area contributed by atoms with Crippen LogP contribution in [0.25, 0.3) is 0 Å². The third-order valence-corrected chi connectivity index (χ3v) is 3.54. The average molecular weight is 280 g/mol. The van der Waals surface area contributed by atoms with Gasteiger partial charge >= 0.3 is 0 Å². The molecule has 0 aliphatic rings. The van der Waals surface area contributed by atoms with E-state index in [1.165, 1.54) is 12.1 Å². The number of alkyl halides is 2. The Morgan fingerprint density at radius 2 is 2.11 bits per heavy atom. The first kappa shape index (κ1) is 14.7. The van der Waals surface area contributed by atoms with Crippen molar-refractivity contribution >= 4 is 15.7 Å². The van der Waals surface area contributed by atoms with Crippen LogP contribution in [0.4, 0.5) is 14.5 Å². The van der Waals surface area contributed by atoms with Crippen molar-refractivity contribution in [1.82, 2.24) is 4.72 Å². The maximum atomic E-state index is 12.0. The second-order valence-electron chi connectivity index (χ2n) is 3.40. The van der Waals surface area contributed by atoms with Gasteiger partial charge in [-0.2, -0.15) is 0 Å². The van der Waals surface area contributed by atoms with Crippen LogP contribution in [0.15, 0.2) is 23.1 Å². The molecule has 0 bridgehead atoms. The van der Waals surface area contributed by atoms with Crippen LogP contribution in [0.2, 0.25) is 0 Å². The molecule has 0 saturated carbocycles. The Hall–Kier alpha value is -1.41. The van der Waals surface area contributed by atoms with E-state index < -0.39 is 23.1 Å². The molecule has 0 atom stereocenters. The van der Waals surface area contributed by atoms with Gasteiger partial charge in [0.25, 0.3) is 6.43 Å². The highest BCUT2D eigenvalue weighted by molar-refractivity contribution is 7.89. The van der Waals surface area contributed by atoms with E-state index in [0.29, 0.717) is 0 Å². The fraction of sp³-hybridized carbons (Fsp3) is 0.400. The topological polar surface area (TPSA) is 81.4 Å². The van der Waals surface area contributed by atoms with Gasteiger partial charge in [0, 0.05) is 12.6 Å². The van der Waals surface area contributed by atoms with Gasteiger partial charge in [0.15, 0.2) is 0 Å². The third kappa shape index (κ3) is 3.81. The number of nitrogen functional groups attached to an aromatic ring is 1. The normalized spacial score (nSPS) is 11.8. The van der Waals surface area contributed by atoms with E-state index in [1.807, 2.05) is 0 Å². The highest BCUT2D eigenvalue weighted by atomic mass is 32.2. The number of benzene rings is 1. The van der Waals surface area contributed by atoms with Gasteiger partial charge in [0.1, 0.15) is 12.4 Å². The number of hydrogen-bond donors (Lipinski definition) is 2. The molecule has 8 heteroatoms. The molecule has 102 valence electrons. The fourth-order valence-electron chi connectivity index (χ4n) is 1.23. The number of ether oxygens (including phenoxy) is 1. The summed E-state index contributed by atoms with van der Waals surface area (Å²) in [4.78, 5) is -0.0807. The van der Waals surface area contributed by atoms with Crippen LogP contribution in [0, 0.1) is 0 Å². The zero-order chi connectivity index (χ0) is 13.8. The Morgan fingerprint density at radius 3 is 2.67 bits per heavy atom. The molecular weight excluding hydrogens is 266 g/mol. The molecule has 1 aromatic rings. The van der Waals surface area contributed by atoms with Crippen molar-refractivity contribution < 1.29 is 21.9 Å². The van der Waals surface area contributed by atoms with Crippen LogP contribution in [-0.2, 0) is 10.0 Å². The van der Waals surface area contributed by atoms with Gasteiger partial charge in [-0.3, -0.25) is 0 Å². The molecule has 3 N–H and O–H groups in total. The summed E-state index contributed by atoms with van der Waals surface area (Å²) < 4.78 is 54.4. The van der Waals surface area contributed by atoms with Crippen molar-refractivity contribution in [2.75, 3.05) is 18.9 Å². The van der Waals surface area contributed by atoms with Crippen LogP contribution >= 0.6 is 0 Å². The van der Waals surface area contributed by atoms with E-state index >= 15 is 0 Å². The molecule has 0 aromatic heterocycles. The number of anilines is 1. The monoisotopic (exact) mass is 280 g/mol. The molecule has 0 unspecified atom stereocenters. The predicted octanol–water partition coefficient (Wildman–Crippen LogP) is 1.21. The lowest BCUT2D eigenvalue weighted by Gasteiger charge is -2.11. The quantitative estimate of drug-likeness (QED) is 0.767. The van der Waals surface area contributed by atoms with E-state index in [0.717, 1.165) is 6.07 Å². The summed E-state index contributed by atoms with van der Waals surface area (Å²) in [5.41, 5.74) is 5.61. The fourth-order valence-corrected chi connectivity index (χ4v) is 2.29. The molecular formula is C10H14F2N2O3S. The first-order chi connectivity index (χ1) is 8.36. The van der Waals surface area contributed by atoms with Crippen molar-refractivity contribution in [3.05, 3.63) is 18.2 Å². The van der Waals surface area contributed by atoms with E-state index in [9.17, 15) is 17.2 Å². The second kappa shape index (κ2) is 5.96. The molecule has 0 radical (unpaired) electrons. The Balaban J connectivity index is 3.00. The van der Waals surface area contributed by atoms with Crippen molar-refractivity contribution in [2.45, 2.75) is 18.2 Å². The molecule has 1 rings (SSSR count). The van der Waals surface area contributed by atoms with Crippen LogP contribution in [0.1, 0.15) is 6.92 Å². The summed E-state index contributed by atoms with van der Waals surface area (Å²) in [6.07, 6.45) is -2.65. The first-order valence-electron chi connectivity index (χ1n) is 5.17. The number of sulfonamides is 1. The summed E-state index contributed by atoms with van der Waals surface area (Å²) >= 11 is 0. The van der Waals surface area contributed by atoms with Crippen LogP contribution < -0.4 is 15.2 Å². The van der Waals surface area contributed by atoms with Gasteiger partial charge in [-0.15, -0.1) is 0 Å². The lowest BCUT2D eigenvalue weighted by atomic mass is 10.3. The Morgan fingerprint density at radius 1 is 1.44 bits per heavy atom. The molecule has 0 fully saturated rings. The minimum Gasteiger partial charge on any atom is -0.485 e. The molecule has 0 amide bonds. The minimum absolute atomic E-state index is 0.0747. The van der Waals surface area contributed by atoms with Gasteiger partial charge in [0.2, 0.25) is 10.0 Å². The van der Waals surface area contributed by atoms with E-state index in [-0.39, 0.29) is 22.9 Å². The van der Waals surface area contributed by atoms with Crippen LogP contribution in [-0.4, -0.2) is 28.0 Å². The van der Waals surface area contributed by atoms with Crippen molar-refractivity contribution in [1.29, 1.82) is 0 Å². The Bertz CT molecular complexity index is 506. The molecule has 5 nitrogen and oxygen atoms in total. The molecule has 0 spiro atoms. The lowest BCUT2D eigenvalue weighted by Crippen LogP contribution is -2.23. The highest BCUT2D eigenvalue weighted by Crippen LogP contribution is 2.25. The van der Waals surface area contributed by atoms with Crippen molar-refractivity contribution in [2.24, 2.45) is 0 Å². The summed E-state index contributed by atoms with van der Waals surface area (Å²) in [5.74, 6) is -0.0747. The zero-order valence-electron chi connectivity index (χ0n) is 9.69. The molecule has 0 heterocycles. The first-order valence-corrected chi connectivity index (χ1v) is 6.65. The average Bonchev–Trinajstić information content (AvgIpc) is 2.27. The van der Waals surface area contributed by atoms with E-state index in [1.54, 1.807) is 6.92 Å². The number of nitrogens with one attached hydrogen (secondary N) is 1. The molecule has 0 aliphatic carbocycles. The van der Waals surface area contributed by atoms with Crippen LogP contribution in [0.3, 0.4) is 0 Å². The summed E-state index contributed by atoms with van der Waals surface area (Å²) in [5, 5.41) is 0. The Labute approximate surface area is 104 Å². The van der Waals surface area contributed by atoms with Gasteiger partial charge in [-0.1, -0.05) is 6.92 Å². The van der Waals surface area contributed by atoms with Gasteiger partial charge < -0.3 is 10.5 Å². The van der Waals surface area contributed by atoms with E-state index in [4.69, 9.17) is 10.5 Å². The standard InChI is InChI=1S/C10H14F2N2O3S/c1-2-14-18(15,16)7-3-4-8(13)9(5-7)17-6-10(11)12/h3-5,10,14H,2,6,13H2,1H3. The molecule has 1 aromatic carbocycles. The number of rotatable bonds is 6. The predicted molar refractivity (Wildman–Crippen MR) is 63.2 cm³/mol. The summed E-state index contributed by atoms with van der Waals surface area (Å²) in [7, 11) is -3.66. The van der Waals surface area contributed by atoms with Gasteiger partial charge in [0.05, 0.1) is 10.6 Å². The zero-order valence-corrected chi connectivity index (χ0v) is 10.5. The summed E-state index contributed by atoms with van der Waals surface area (Å²) in [6.45, 7) is 1.01. The number of halogens is 2. The smallest absolute Gasteiger partial charge is 0.272 e.